The fourth-order valence-electron chi connectivity index (χ4n) is 3.47. The second-order valence-electron chi connectivity index (χ2n) is 6.79. The third kappa shape index (κ3) is 3.50. The van der Waals surface area contributed by atoms with Gasteiger partial charge in [-0.15, -0.1) is 0 Å². The number of Topliss-reactive ketones (excluding diaryl/α,β-unsaturated/α-hetero) is 1. The van der Waals surface area contributed by atoms with Gasteiger partial charge in [0.15, 0.2) is 0 Å². The second kappa shape index (κ2) is 8.25. The number of hydrogen-bond acceptors (Lipinski definition) is 5. The predicted molar refractivity (Wildman–Crippen MR) is 106 cm³/mol. The molecule has 6 nitrogen and oxygen atoms in total. The van der Waals surface area contributed by atoms with Crippen LogP contribution in [0.4, 0.5) is 0 Å². The van der Waals surface area contributed by atoms with Crippen molar-refractivity contribution in [2.75, 3.05) is 13.7 Å². The van der Waals surface area contributed by atoms with E-state index in [1.165, 1.54) is 4.90 Å². The Bertz CT molecular complexity index is 921. The average Bonchev–Trinajstić information content (AvgIpc) is 2.97. The zero-order valence-corrected chi connectivity index (χ0v) is 16.3. The van der Waals surface area contributed by atoms with Crippen molar-refractivity contribution in [2.45, 2.75) is 32.7 Å². The zero-order chi connectivity index (χ0) is 20.3. The molecule has 1 fully saturated rings. The first-order valence-corrected chi connectivity index (χ1v) is 9.34. The summed E-state index contributed by atoms with van der Waals surface area (Å²) < 4.78 is 5.26. The summed E-state index contributed by atoms with van der Waals surface area (Å²) in [6.07, 6.45) is 3.26. The van der Waals surface area contributed by atoms with E-state index in [-0.39, 0.29) is 11.3 Å². The highest BCUT2D eigenvalue weighted by Crippen LogP contribution is 2.39. The molecule has 1 amide bonds. The van der Waals surface area contributed by atoms with Gasteiger partial charge >= 0.3 is 0 Å². The van der Waals surface area contributed by atoms with Crippen LogP contribution in [-0.2, 0) is 9.59 Å². The molecule has 1 N–H and O–H groups in total. The summed E-state index contributed by atoms with van der Waals surface area (Å²) in [7, 11) is 1.57. The number of methoxy groups -OCH3 is 1. The molecule has 1 atom stereocenters. The van der Waals surface area contributed by atoms with Gasteiger partial charge in [0.25, 0.3) is 11.7 Å². The standard InChI is InChI=1S/C22H24N2O4/c1-4-5-12-24-19(16-8-6-7-11-23-16)18(21(26)22(24)27)20(25)15-9-10-17(28-3)14(2)13-15/h6-11,13,19,25H,4-5,12H2,1-3H3/b20-18-. The van der Waals surface area contributed by atoms with E-state index in [1.54, 1.807) is 49.7 Å². The number of ketones is 1. The largest absolute Gasteiger partial charge is 0.507 e. The number of carbonyl (C=O) groups is 2. The number of unbranched alkanes of at least 4 members (excludes halogenated alkanes) is 1. The lowest BCUT2D eigenvalue weighted by atomic mass is 9.97. The van der Waals surface area contributed by atoms with E-state index in [9.17, 15) is 14.7 Å². The highest BCUT2D eigenvalue weighted by Gasteiger charge is 2.46. The van der Waals surface area contributed by atoms with E-state index in [0.29, 0.717) is 23.6 Å². The van der Waals surface area contributed by atoms with Gasteiger partial charge in [0.05, 0.1) is 18.4 Å². The molecule has 0 saturated carbocycles. The molecule has 0 spiro atoms. The molecule has 1 aromatic heterocycles. The number of benzene rings is 1. The number of rotatable bonds is 6. The number of hydrogen-bond donors (Lipinski definition) is 1. The molecule has 0 aliphatic carbocycles. The molecule has 1 aliphatic rings. The number of aryl methyl sites for hydroxylation is 1. The van der Waals surface area contributed by atoms with Crippen molar-refractivity contribution in [3.05, 3.63) is 65.0 Å². The van der Waals surface area contributed by atoms with E-state index in [2.05, 4.69) is 4.98 Å². The number of carbonyl (C=O) groups excluding carboxylic acids is 2. The molecule has 1 aromatic carbocycles. The van der Waals surface area contributed by atoms with Crippen LogP contribution in [0.1, 0.15) is 42.6 Å². The van der Waals surface area contributed by atoms with Crippen LogP contribution in [0.3, 0.4) is 0 Å². The Hall–Kier alpha value is -3.15. The summed E-state index contributed by atoms with van der Waals surface area (Å²) in [5, 5.41) is 11.0. The Morgan fingerprint density at radius 3 is 2.64 bits per heavy atom. The monoisotopic (exact) mass is 380 g/mol. The normalized spacial score (nSPS) is 18.5. The van der Waals surface area contributed by atoms with Crippen LogP contribution in [0.15, 0.2) is 48.2 Å². The van der Waals surface area contributed by atoms with Crippen LogP contribution in [-0.4, -0.2) is 40.3 Å². The molecule has 6 heteroatoms. The topological polar surface area (TPSA) is 79.7 Å². The van der Waals surface area contributed by atoms with Crippen LogP contribution in [0.25, 0.3) is 5.76 Å². The number of aliphatic hydroxyl groups excluding tert-OH is 1. The van der Waals surface area contributed by atoms with E-state index < -0.39 is 17.7 Å². The van der Waals surface area contributed by atoms with Gasteiger partial charge in [-0.2, -0.15) is 0 Å². The van der Waals surface area contributed by atoms with Crippen molar-refractivity contribution in [1.82, 2.24) is 9.88 Å². The first kappa shape index (κ1) is 19.6. The van der Waals surface area contributed by atoms with Gasteiger partial charge in [-0.1, -0.05) is 19.4 Å². The van der Waals surface area contributed by atoms with Crippen molar-refractivity contribution in [2.24, 2.45) is 0 Å². The molecule has 0 bridgehead atoms. The second-order valence-corrected chi connectivity index (χ2v) is 6.79. The zero-order valence-electron chi connectivity index (χ0n) is 16.3. The lowest BCUT2D eigenvalue weighted by molar-refractivity contribution is -0.140. The number of ether oxygens (including phenoxy) is 1. The van der Waals surface area contributed by atoms with Gasteiger partial charge in [0.1, 0.15) is 17.6 Å². The Morgan fingerprint density at radius 2 is 2.04 bits per heavy atom. The highest BCUT2D eigenvalue weighted by molar-refractivity contribution is 6.46. The summed E-state index contributed by atoms with van der Waals surface area (Å²) in [5.74, 6) is -0.798. The molecule has 0 radical (unpaired) electrons. The summed E-state index contributed by atoms with van der Waals surface area (Å²) in [5.41, 5.74) is 1.92. The smallest absolute Gasteiger partial charge is 0.295 e. The molecule has 1 aliphatic heterocycles. The number of pyridine rings is 1. The maximum absolute atomic E-state index is 12.8. The molecule has 1 saturated heterocycles. The maximum Gasteiger partial charge on any atom is 0.295 e. The third-order valence-corrected chi connectivity index (χ3v) is 4.93. The first-order chi connectivity index (χ1) is 13.5. The van der Waals surface area contributed by atoms with Gasteiger partial charge < -0.3 is 14.7 Å². The summed E-state index contributed by atoms with van der Waals surface area (Å²) in [4.78, 5) is 31.4. The van der Waals surface area contributed by atoms with Crippen molar-refractivity contribution in [3.63, 3.8) is 0 Å². The van der Waals surface area contributed by atoms with Gasteiger partial charge in [-0.3, -0.25) is 14.6 Å². The molecular weight excluding hydrogens is 356 g/mol. The number of aromatic nitrogens is 1. The lowest BCUT2D eigenvalue weighted by Crippen LogP contribution is -2.31. The molecule has 1 unspecified atom stereocenters. The van der Waals surface area contributed by atoms with E-state index in [0.717, 1.165) is 18.4 Å². The van der Waals surface area contributed by atoms with Crippen molar-refractivity contribution in [3.8, 4) is 5.75 Å². The first-order valence-electron chi connectivity index (χ1n) is 9.34. The van der Waals surface area contributed by atoms with Crippen LogP contribution in [0.2, 0.25) is 0 Å². The molecule has 146 valence electrons. The molecule has 2 heterocycles. The molecule has 3 rings (SSSR count). The predicted octanol–water partition coefficient (Wildman–Crippen LogP) is 3.62. The average molecular weight is 380 g/mol. The Balaban J connectivity index is 2.15. The Morgan fingerprint density at radius 1 is 1.25 bits per heavy atom. The van der Waals surface area contributed by atoms with Crippen molar-refractivity contribution in [1.29, 1.82) is 0 Å². The third-order valence-electron chi connectivity index (χ3n) is 4.93. The maximum atomic E-state index is 12.8. The summed E-state index contributed by atoms with van der Waals surface area (Å²) >= 11 is 0. The van der Waals surface area contributed by atoms with Crippen LogP contribution in [0, 0.1) is 6.92 Å². The van der Waals surface area contributed by atoms with Gasteiger partial charge in [-0.25, -0.2) is 0 Å². The lowest BCUT2D eigenvalue weighted by Gasteiger charge is -2.24. The van der Waals surface area contributed by atoms with Gasteiger partial charge in [-0.05, 0) is 49.2 Å². The van der Waals surface area contributed by atoms with Crippen molar-refractivity contribution < 1.29 is 19.4 Å². The Kier molecular flexibility index (Phi) is 5.78. The van der Waals surface area contributed by atoms with Crippen LogP contribution in [0.5, 0.6) is 5.75 Å². The minimum absolute atomic E-state index is 0.0735. The number of aliphatic hydroxyl groups is 1. The summed E-state index contributed by atoms with van der Waals surface area (Å²) in [6.45, 7) is 4.30. The number of likely N-dealkylation sites (tertiary alicyclic amines) is 1. The van der Waals surface area contributed by atoms with Gasteiger partial charge in [0, 0.05) is 18.3 Å². The fraction of sp³-hybridized carbons (Fsp3) is 0.318. The van der Waals surface area contributed by atoms with E-state index >= 15 is 0 Å². The minimum atomic E-state index is -0.699. The Labute approximate surface area is 164 Å². The highest BCUT2D eigenvalue weighted by atomic mass is 16.5. The number of amides is 1. The summed E-state index contributed by atoms with van der Waals surface area (Å²) in [6, 6.07) is 9.79. The SMILES string of the molecule is CCCCN1C(=O)C(=O)/C(=C(\O)c2ccc(OC)c(C)c2)C1c1ccccn1. The molecule has 2 aromatic rings. The van der Waals surface area contributed by atoms with Gasteiger partial charge in [0.2, 0.25) is 0 Å². The number of nitrogens with zero attached hydrogens (tertiary/aromatic N) is 2. The van der Waals surface area contributed by atoms with Crippen molar-refractivity contribution >= 4 is 17.4 Å². The molecule has 28 heavy (non-hydrogen) atoms. The van der Waals surface area contributed by atoms with Crippen LogP contribution >= 0.6 is 0 Å². The minimum Gasteiger partial charge on any atom is -0.507 e. The van der Waals surface area contributed by atoms with Crippen LogP contribution < -0.4 is 4.74 Å². The quantitative estimate of drug-likeness (QED) is 0.470. The molecular formula is C22H24N2O4. The van der Waals surface area contributed by atoms with E-state index in [4.69, 9.17) is 4.74 Å². The van der Waals surface area contributed by atoms with E-state index in [1.807, 2.05) is 13.8 Å². The fourth-order valence-corrected chi connectivity index (χ4v) is 3.47.